The fourth-order valence-electron chi connectivity index (χ4n) is 2.88. The second-order valence-corrected chi connectivity index (χ2v) is 7.73. The van der Waals surface area contributed by atoms with Crippen molar-refractivity contribution in [3.8, 4) is 0 Å². The first-order valence-corrected chi connectivity index (χ1v) is 9.26. The number of nitrogens with zero attached hydrogens (tertiary/aromatic N) is 1. The molecule has 0 saturated carbocycles. The van der Waals surface area contributed by atoms with Crippen molar-refractivity contribution in [1.82, 2.24) is 9.03 Å². The predicted octanol–water partition coefficient (Wildman–Crippen LogP) is 2.75. The molecule has 0 aliphatic carbocycles. The van der Waals surface area contributed by atoms with Gasteiger partial charge in [-0.2, -0.15) is 12.7 Å². The van der Waals surface area contributed by atoms with Crippen molar-refractivity contribution >= 4 is 10.2 Å². The summed E-state index contributed by atoms with van der Waals surface area (Å²) in [6.07, 6.45) is 2.99. The van der Waals surface area contributed by atoms with Gasteiger partial charge < -0.3 is 0 Å². The van der Waals surface area contributed by atoms with Gasteiger partial charge in [-0.25, -0.2) is 4.72 Å². The second-order valence-electron chi connectivity index (χ2n) is 5.97. The molecule has 1 heterocycles. The molecule has 0 spiro atoms. The quantitative estimate of drug-likeness (QED) is 0.878. The lowest BCUT2D eigenvalue weighted by Crippen LogP contribution is -2.46. The highest BCUT2D eigenvalue weighted by molar-refractivity contribution is 7.87. The van der Waals surface area contributed by atoms with E-state index < -0.39 is 10.2 Å². The van der Waals surface area contributed by atoms with Crippen molar-refractivity contribution in [2.24, 2.45) is 5.92 Å². The van der Waals surface area contributed by atoms with Crippen LogP contribution < -0.4 is 4.72 Å². The molecule has 0 radical (unpaired) electrons. The van der Waals surface area contributed by atoms with Crippen LogP contribution in [-0.4, -0.2) is 32.4 Å². The Kier molecular flexibility index (Phi) is 5.79. The van der Waals surface area contributed by atoms with Gasteiger partial charge in [0.25, 0.3) is 10.2 Å². The highest BCUT2D eigenvalue weighted by atomic mass is 32.2. The van der Waals surface area contributed by atoms with Gasteiger partial charge in [0.1, 0.15) is 0 Å². The topological polar surface area (TPSA) is 49.4 Å². The number of rotatable bonds is 6. The van der Waals surface area contributed by atoms with Crippen LogP contribution in [0.5, 0.6) is 0 Å². The zero-order valence-electron chi connectivity index (χ0n) is 13.0. The molecule has 21 heavy (non-hydrogen) atoms. The van der Waals surface area contributed by atoms with E-state index in [1.54, 1.807) is 4.31 Å². The summed E-state index contributed by atoms with van der Waals surface area (Å²) in [5, 5.41) is 0. The molecular weight excluding hydrogens is 284 g/mol. The number of nitrogens with one attached hydrogen (secondary N) is 1. The SMILES string of the molecule is CC[C@@H](CNS(=O)(=O)N1CCC[C@@H](C)C1)c1ccccc1. The summed E-state index contributed by atoms with van der Waals surface area (Å²) in [5.41, 5.74) is 1.19. The van der Waals surface area contributed by atoms with Gasteiger partial charge in [0, 0.05) is 19.6 Å². The van der Waals surface area contributed by atoms with E-state index in [2.05, 4.69) is 30.7 Å². The van der Waals surface area contributed by atoms with Crippen LogP contribution in [0.4, 0.5) is 0 Å². The molecule has 0 amide bonds. The largest absolute Gasteiger partial charge is 0.279 e. The second kappa shape index (κ2) is 7.38. The molecule has 0 unspecified atom stereocenters. The summed E-state index contributed by atoms with van der Waals surface area (Å²) in [6, 6.07) is 10.1. The van der Waals surface area contributed by atoms with Crippen molar-refractivity contribution in [3.05, 3.63) is 35.9 Å². The summed E-state index contributed by atoms with van der Waals surface area (Å²) in [4.78, 5) is 0. The fourth-order valence-corrected chi connectivity index (χ4v) is 4.30. The Bertz CT molecular complexity index is 530. The Morgan fingerprint density at radius 2 is 2.05 bits per heavy atom. The maximum Gasteiger partial charge on any atom is 0.279 e. The molecule has 118 valence electrons. The number of hydrogen-bond donors (Lipinski definition) is 1. The minimum absolute atomic E-state index is 0.225. The molecule has 1 aromatic rings. The van der Waals surface area contributed by atoms with Crippen molar-refractivity contribution in [1.29, 1.82) is 0 Å². The molecule has 1 aliphatic rings. The first-order valence-electron chi connectivity index (χ1n) is 7.82. The van der Waals surface area contributed by atoms with E-state index in [-0.39, 0.29) is 5.92 Å². The number of benzene rings is 1. The molecule has 0 aromatic heterocycles. The van der Waals surface area contributed by atoms with Crippen molar-refractivity contribution in [2.75, 3.05) is 19.6 Å². The molecule has 1 aliphatic heterocycles. The number of piperidine rings is 1. The summed E-state index contributed by atoms with van der Waals surface area (Å²) in [5.74, 6) is 0.676. The number of hydrogen-bond acceptors (Lipinski definition) is 2. The van der Waals surface area contributed by atoms with Gasteiger partial charge >= 0.3 is 0 Å². The van der Waals surface area contributed by atoms with E-state index in [1.807, 2.05) is 18.2 Å². The molecule has 5 heteroatoms. The molecule has 1 N–H and O–H groups in total. The first-order chi connectivity index (χ1) is 10.0. The summed E-state index contributed by atoms with van der Waals surface area (Å²) in [6.45, 7) is 5.95. The lowest BCUT2D eigenvalue weighted by Gasteiger charge is -2.30. The van der Waals surface area contributed by atoms with Gasteiger partial charge in [-0.3, -0.25) is 0 Å². The Labute approximate surface area is 128 Å². The average Bonchev–Trinajstić information content (AvgIpc) is 2.49. The normalized spacial score (nSPS) is 22.1. The summed E-state index contributed by atoms with van der Waals surface area (Å²) in [7, 11) is -3.35. The van der Waals surface area contributed by atoms with E-state index in [4.69, 9.17) is 0 Å². The monoisotopic (exact) mass is 310 g/mol. The van der Waals surface area contributed by atoms with Crippen LogP contribution in [-0.2, 0) is 10.2 Å². The first kappa shape index (κ1) is 16.5. The van der Waals surface area contributed by atoms with Crippen molar-refractivity contribution in [2.45, 2.75) is 39.0 Å². The zero-order chi connectivity index (χ0) is 15.3. The van der Waals surface area contributed by atoms with E-state index in [0.717, 1.165) is 19.3 Å². The Hall–Kier alpha value is -0.910. The van der Waals surface area contributed by atoms with Crippen LogP contribution in [0.1, 0.15) is 44.6 Å². The minimum Gasteiger partial charge on any atom is -0.202 e. The average molecular weight is 310 g/mol. The molecule has 1 fully saturated rings. The van der Waals surface area contributed by atoms with Gasteiger partial charge in [-0.05, 0) is 36.7 Å². The van der Waals surface area contributed by atoms with Crippen LogP contribution in [0.25, 0.3) is 0 Å². The van der Waals surface area contributed by atoms with Gasteiger partial charge in [0.05, 0.1) is 0 Å². The fraction of sp³-hybridized carbons (Fsp3) is 0.625. The van der Waals surface area contributed by atoms with E-state index in [1.165, 1.54) is 5.56 Å². The van der Waals surface area contributed by atoms with Gasteiger partial charge in [0.2, 0.25) is 0 Å². The highest BCUT2D eigenvalue weighted by Gasteiger charge is 2.27. The molecule has 1 aromatic carbocycles. The van der Waals surface area contributed by atoms with Crippen LogP contribution in [0.15, 0.2) is 30.3 Å². The zero-order valence-corrected chi connectivity index (χ0v) is 13.8. The standard InChI is InChI=1S/C16H26N2O2S/c1-3-15(16-9-5-4-6-10-16)12-17-21(19,20)18-11-7-8-14(2)13-18/h4-6,9-10,14-15,17H,3,7-8,11-13H2,1-2H3/t14-,15+/m1/s1. The maximum absolute atomic E-state index is 12.4. The van der Waals surface area contributed by atoms with Crippen LogP contribution in [0.3, 0.4) is 0 Å². The lowest BCUT2D eigenvalue weighted by molar-refractivity contribution is 0.278. The third kappa shape index (κ3) is 4.53. The Balaban J connectivity index is 1.97. The molecule has 2 atom stereocenters. The Morgan fingerprint density at radius 3 is 2.67 bits per heavy atom. The Morgan fingerprint density at radius 1 is 1.33 bits per heavy atom. The maximum atomic E-state index is 12.4. The smallest absolute Gasteiger partial charge is 0.202 e. The molecule has 1 saturated heterocycles. The predicted molar refractivity (Wildman–Crippen MR) is 86.4 cm³/mol. The third-order valence-corrected chi connectivity index (χ3v) is 5.78. The highest BCUT2D eigenvalue weighted by Crippen LogP contribution is 2.20. The molecule has 4 nitrogen and oxygen atoms in total. The van der Waals surface area contributed by atoms with E-state index >= 15 is 0 Å². The molecular formula is C16H26N2O2S. The minimum atomic E-state index is -3.35. The summed E-state index contributed by atoms with van der Waals surface area (Å²) < 4.78 is 29.2. The van der Waals surface area contributed by atoms with E-state index in [9.17, 15) is 8.42 Å². The van der Waals surface area contributed by atoms with Crippen LogP contribution >= 0.6 is 0 Å². The van der Waals surface area contributed by atoms with Gasteiger partial charge in [-0.15, -0.1) is 0 Å². The molecule has 2 rings (SSSR count). The van der Waals surface area contributed by atoms with Crippen LogP contribution in [0, 0.1) is 5.92 Å². The van der Waals surface area contributed by atoms with E-state index in [0.29, 0.717) is 25.6 Å². The van der Waals surface area contributed by atoms with Gasteiger partial charge in [-0.1, -0.05) is 44.2 Å². The lowest BCUT2D eigenvalue weighted by atomic mass is 9.97. The van der Waals surface area contributed by atoms with Gasteiger partial charge in [0.15, 0.2) is 0 Å². The van der Waals surface area contributed by atoms with Crippen molar-refractivity contribution < 1.29 is 8.42 Å². The van der Waals surface area contributed by atoms with Crippen molar-refractivity contribution in [3.63, 3.8) is 0 Å². The molecule has 0 bridgehead atoms. The van der Waals surface area contributed by atoms with Crippen LogP contribution in [0.2, 0.25) is 0 Å². The summed E-state index contributed by atoms with van der Waals surface area (Å²) >= 11 is 0. The third-order valence-electron chi connectivity index (χ3n) is 4.24.